The molecule has 1 rings (SSSR count). The van der Waals surface area contributed by atoms with Gasteiger partial charge < -0.3 is 5.11 Å². The molecule has 1 N–H and O–H groups in total. The smallest absolute Gasteiger partial charge is 0.286 e. The molecule has 0 fully saturated rings. The predicted octanol–water partition coefficient (Wildman–Crippen LogP) is 2.16. The molecule has 0 spiro atoms. The van der Waals surface area contributed by atoms with Gasteiger partial charge in [0.15, 0.2) is 0 Å². The minimum Gasteiger partial charge on any atom is -0.392 e. The van der Waals surface area contributed by atoms with Crippen molar-refractivity contribution in [2.75, 3.05) is 0 Å². The zero-order chi connectivity index (χ0) is 10.0. The van der Waals surface area contributed by atoms with Crippen molar-refractivity contribution in [2.45, 2.75) is 13.5 Å². The molecule has 0 aliphatic carbocycles. The molecule has 0 atom stereocenters. The average molecular weight is 246 g/mol. The van der Waals surface area contributed by atoms with Crippen molar-refractivity contribution >= 4 is 21.6 Å². The van der Waals surface area contributed by atoms with E-state index in [9.17, 15) is 10.1 Å². The second-order valence-corrected chi connectivity index (χ2v) is 3.45. The SMILES string of the molecule is Cc1c(CO)ccc(Br)c1[N+](=O)[O-]. The largest absolute Gasteiger partial charge is 0.392 e. The van der Waals surface area contributed by atoms with E-state index in [-0.39, 0.29) is 12.3 Å². The highest BCUT2D eigenvalue weighted by Crippen LogP contribution is 2.30. The molecule has 1 aromatic rings. The minimum absolute atomic E-state index is 0.0200. The first-order valence-electron chi connectivity index (χ1n) is 3.61. The summed E-state index contributed by atoms with van der Waals surface area (Å²) in [4.78, 5) is 10.1. The molecule has 0 aliphatic heterocycles. The summed E-state index contributed by atoms with van der Waals surface area (Å²) in [6.45, 7) is 1.44. The van der Waals surface area contributed by atoms with Gasteiger partial charge >= 0.3 is 0 Å². The van der Waals surface area contributed by atoms with E-state index in [2.05, 4.69) is 15.9 Å². The highest BCUT2D eigenvalue weighted by molar-refractivity contribution is 9.10. The summed E-state index contributed by atoms with van der Waals surface area (Å²) in [6.07, 6.45) is 0. The third-order valence-corrected chi connectivity index (χ3v) is 2.49. The van der Waals surface area contributed by atoms with Gasteiger partial charge in [0, 0.05) is 5.56 Å². The minimum atomic E-state index is -0.460. The van der Waals surface area contributed by atoms with Crippen molar-refractivity contribution in [2.24, 2.45) is 0 Å². The lowest BCUT2D eigenvalue weighted by atomic mass is 10.1. The van der Waals surface area contributed by atoms with E-state index in [0.29, 0.717) is 15.6 Å². The summed E-state index contributed by atoms with van der Waals surface area (Å²) in [5.41, 5.74) is 1.10. The van der Waals surface area contributed by atoms with Crippen LogP contribution in [-0.4, -0.2) is 10.0 Å². The van der Waals surface area contributed by atoms with E-state index in [1.54, 1.807) is 19.1 Å². The van der Waals surface area contributed by atoms with Gasteiger partial charge in [-0.3, -0.25) is 10.1 Å². The number of rotatable bonds is 2. The highest BCUT2D eigenvalue weighted by atomic mass is 79.9. The third kappa shape index (κ3) is 1.87. The monoisotopic (exact) mass is 245 g/mol. The molecule has 0 aromatic heterocycles. The van der Waals surface area contributed by atoms with Crippen LogP contribution in [0.15, 0.2) is 16.6 Å². The Morgan fingerprint density at radius 1 is 1.62 bits per heavy atom. The van der Waals surface area contributed by atoms with Crippen LogP contribution in [-0.2, 0) is 6.61 Å². The summed E-state index contributed by atoms with van der Waals surface area (Å²) in [5, 5.41) is 19.5. The number of benzene rings is 1. The van der Waals surface area contributed by atoms with Crippen LogP contribution in [0.3, 0.4) is 0 Å². The number of hydrogen-bond acceptors (Lipinski definition) is 3. The van der Waals surface area contributed by atoms with Gasteiger partial charge in [-0.2, -0.15) is 0 Å². The number of nitro benzene ring substituents is 1. The lowest BCUT2D eigenvalue weighted by molar-refractivity contribution is -0.386. The van der Waals surface area contributed by atoms with Gasteiger partial charge in [0.1, 0.15) is 0 Å². The van der Waals surface area contributed by atoms with Crippen molar-refractivity contribution in [1.82, 2.24) is 0 Å². The second kappa shape index (κ2) is 3.85. The van der Waals surface area contributed by atoms with Crippen LogP contribution in [0, 0.1) is 17.0 Å². The predicted molar refractivity (Wildman–Crippen MR) is 51.5 cm³/mol. The van der Waals surface area contributed by atoms with Crippen LogP contribution in [0.4, 0.5) is 5.69 Å². The fourth-order valence-corrected chi connectivity index (χ4v) is 1.68. The van der Waals surface area contributed by atoms with Crippen LogP contribution in [0.25, 0.3) is 0 Å². The molecular formula is C8H8BrNO3. The molecule has 0 amide bonds. The molecule has 1 aromatic carbocycles. The molecule has 0 bridgehead atoms. The summed E-state index contributed by atoms with van der Waals surface area (Å²) in [5.74, 6) is 0. The first-order chi connectivity index (χ1) is 6.07. The Hall–Kier alpha value is -0.940. The van der Waals surface area contributed by atoms with Gasteiger partial charge in [-0.25, -0.2) is 0 Å². The molecule has 0 radical (unpaired) electrons. The number of nitrogens with zero attached hydrogens (tertiary/aromatic N) is 1. The van der Waals surface area contributed by atoms with Crippen molar-refractivity contribution in [3.8, 4) is 0 Å². The average Bonchev–Trinajstić information content (AvgIpc) is 2.04. The topological polar surface area (TPSA) is 63.4 Å². The first-order valence-corrected chi connectivity index (χ1v) is 4.40. The molecule has 13 heavy (non-hydrogen) atoms. The Morgan fingerprint density at radius 3 is 2.69 bits per heavy atom. The van der Waals surface area contributed by atoms with Crippen molar-refractivity contribution in [3.05, 3.63) is 37.8 Å². The van der Waals surface area contributed by atoms with E-state index >= 15 is 0 Å². The standard InChI is InChI=1S/C8H8BrNO3/c1-5-6(4-11)2-3-7(9)8(5)10(12)13/h2-3,11H,4H2,1H3. The summed E-state index contributed by atoms with van der Waals surface area (Å²) in [6, 6.07) is 3.23. The highest BCUT2D eigenvalue weighted by Gasteiger charge is 2.17. The van der Waals surface area contributed by atoms with Gasteiger partial charge in [-0.1, -0.05) is 6.07 Å². The lowest BCUT2D eigenvalue weighted by Gasteiger charge is -2.04. The van der Waals surface area contributed by atoms with Gasteiger partial charge in [-0.15, -0.1) is 0 Å². The van der Waals surface area contributed by atoms with Crippen molar-refractivity contribution in [1.29, 1.82) is 0 Å². The van der Waals surface area contributed by atoms with Crippen LogP contribution < -0.4 is 0 Å². The quantitative estimate of drug-likeness (QED) is 0.642. The first kappa shape index (κ1) is 10.1. The molecule has 0 saturated carbocycles. The Morgan fingerprint density at radius 2 is 2.23 bits per heavy atom. The maximum absolute atomic E-state index is 10.6. The fourth-order valence-electron chi connectivity index (χ4n) is 1.10. The molecule has 0 unspecified atom stereocenters. The van der Waals surface area contributed by atoms with E-state index in [4.69, 9.17) is 5.11 Å². The Balaban J connectivity index is 3.38. The summed E-state index contributed by atoms with van der Waals surface area (Å²) < 4.78 is 0.437. The summed E-state index contributed by atoms with van der Waals surface area (Å²) >= 11 is 3.09. The maximum atomic E-state index is 10.6. The molecule has 5 heteroatoms. The van der Waals surface area contributed by atoms with E-state index in [0.717, 1.165) is 0 Å². The van der Waals surface area contributed by atoms with E-state index in [1.165, 1.54) is 0 Å². The van der Waals surface area contributed by atoms with Crippen molar-refractivity contribution in [3.63, 3.8) is 0 Å². The fraction of sp³-hybridized carbons (Fsp3) is 0.250. The second-order valence-electron chi connectivity index (χ2n) is 2.60. The maximum Gasteiger partial charge on any atom is 0.286 e. The number of aliphatic hydroxyl groups excluding tert-OH is 1. The molecule has 4 nitrogen and oxygen atoms in total. The molecule has 70 valence electrons. The number of halogens is 1. The number of hydrogen-bond donors (Lipinski definition) is 1. The third-order valence-electron chi connectivity index (χ3n) is 1.85. The Labute approximate surface area is 83.5 Å². The molecule has 0 aliphatic rings. The summed E-state index contributed by atoms with van der Waals surface area (Å²) in [7, 11) is 0. The normalized spacial score (nSPS) is 10.1. The van der Waals surface area contributed by atoms with Crippen LogP contribution >= 0.6 is 15.9 Å². The number of nitro groups is 1. The molecule has 0 saturated heterocycles. The Kier molecular flexibility index (Phi) is 3.00. The zero-order valence-corrected chi connectivity index (χ0v) is 8.54. The van der Waals surface area contributed by atoms with Crippen LogP contribution in [0.2, 0.25) is 0 Å². The van der Waals surface area contributed by atoms with Gasteiger partial charge in [0.2, 0.25) is 0 Å². The van der Waals surface area contributed by atoms with Crippen molar-refractivity contribution < 1.29 is 10.0 Å². The van der Waals surface area contributed by atoms with E-state index in [1.807, 2.05) is 0 Å². The van der Waals surface area contributed by atoms with Gasteiger partial charge in [-0.05, 0) is 34.5 Å². The molecular weight excluding hydrogens is 238 g/mol. The molecule has 0 heterocycles. The number of aliphatic hydroxyl groups is 1. The zero-order valence-electron chi connectivity index (χ0n) is 6.95. The van der Waals surface area contributed by atoms with Gasteiger partial charge in [0.05, 0.1) is 16.0 Å². The lowest BCUT2D eigenvalue weighted by Crippen LogP contribution is -1.97. The Bertz CT molecular complexity index is 351. The van der Waals surface area contributed by atoms with Crippen LogP contribution in [0.5, 0.6) is 0 Å². The van der Waals surface area contributed by atoms with E-state index < -0.39 is 4.92 Å². The van der Waals surface area contributed by atoms with Crippen LogP contribution in [0.1, 0.15) is 11.1 Å². The van der Waals surface area contributed by atoms with Gasteiger partial charge in [0.25, 0.3) is 5.69 Å².